The molecule has 1 aromatic heterocycles. The zero-order valence-electron chi connectivity index (χ0n) is 16.9. The van der Waals surface area contributed by atoms with Crippen molar-refractivity contribution >= 4 is 27.4 Å². The zero-order valence-corrected chi connectivity index (χ0v) is 17.7. The van der Waals surface area contributed by atoms with Gasteiger partial charge in [0, 0.05) is 11.8 Å². The number of aryl methyl sites for hydroxylation is 2. The minimum atomic E-state index is -3.82. The van der Waals surface area contributed by atoms with E-state index in [-0.39, 0.29) is 16.6 Å². The first-order valence-corrected chi connectivity index (χ1v) is 10.9. The van der Waals surface area contributed by atoms with Crippen molar-refractivity contribution in [3.63, 3.8) is 0 Å². The van der Waals surface area contributed by atoms with E-state index in [1.807, 2.05) is 38.1 Å². The highest BCUT2D eigenvalue weighted by Crippen LogP contribution is 2.19. The van der Waals surface area contributed by atoms with Crippen molar-refractivity contribution in [3.8, 4) is 5.75 Å². The molecule has 0 aliphatic carbocycles. The van der Waals surface area contributed by atoms with Gasteiger partial charge in [0.1, 0.15) is 11.5 Å². The van der Waals surface area contributed by atoms with Crippen molar-refractivity contribution in [1.82, 2.24) is 5.16 Å². The van der Waals surface area contributed by atoms with E-state index in [0.29, 0.717) is 23.6 Å². The number of hydrogen-bond acceptors (Lipinski definition) is 6. The fourth-order valence-electron chi connectivity index (χ4n) is 2.65. The number of amides is 1. The van der Waals surface area contributed by atoms with Crippen LogP contribution in [0.2, 0.25) is 0 Å². The Morgan fingerprint density at radius 1 is 1.10 bits per heavy atom. The summed E-state index contributed by atoms with van der Waals surface area (Å²) in [6.45, 7) is 5.49. The molecule has 0 unspecified atom stereocenters. The number of nitrogens with zero attached hydrogens (tertiary/aromatic N) is 1. The molecule has 0 radical (unpaired) electrons. The van der Waals surface area contributed by atoms with E-state index in [9.17, 15) is 13.2 Å². The van der Waals surface area contributed by atoms with E-state index in [0.717, 1.165) is 5.56 Å². The van der Waals surface area contributed by atoms with Gasteiger partial charge in [0.15, 0.2) is 11.9 Å². The van der Waals surface area contributed by atoms with Crippen molar-refractivity contribution in [2.24, 2.45) is 0 Å². The minimum absolute atomic E-state index is 0.0316. The smallest absolute Gasteiger partial charge is 0.265 e. The Labute approximate surface area is 175 Å². The van der Waals surface area contributed by atoms with Crippen LogP contribution < -0.4 is 14.8 Å². The number of carbonyl (C=O) groups is 1. The van der Waals surface area contributed by atoms with Gasteiger partial charge in [0.05, 0.1) is 4.90 Å². The highest BCUT2D eigenvalue weighted by Gasteiger charge is 2.20. The summed E-state index contributed by atoms with van der Waals surface area (Å²) in [6, 6.07) is 14.7. The van der Waals surface area contributed by atoms with Crippen molar-refractivity contribution < 1.29 is 22.5 Å². The van der Waals surface area contributed by atoms with Crippen LogP contribution in [0.25, 0.3) is 0 Å². The topological polar surface area (TPSA) is 111 Å². The normalized spacial score (nSPS) is 12.2. The molecule has 8 nitrogen and oxygen atoms in total. The molecule has 0 saturated carbocycles. The van der Waals surface area contributed by atoms with Gasteiger partial charge in [0.25, 0.3) is 15.9 Å². The van der Waals surface area contributed by atoms with Crippen LogP contribution in [0.5, 0.6) is 5.75 Å². The molecule has 1 amide bonds. The third-order valence-corrected chi connectivity index (χ3v) is 5.63. The average Bonchev–Trinajstić information content (AvgIpc) is 3.11. The van der Waals surface area contributed by atoms with E-state index in [2.05, 4.69) is 15.2 Å². The Hall–Kier alpha value is -3.33. The van der Waals surface area contributed by atoms with Crippen LogP contribution in [-0.4, -0.2) is 25.6 Å². The van der Waals surface area contributed by atoms with E-state index in [1.165, 1.54) is 30.3 Å². The molecule has 0 aliphatic heterocycles. The van der Waals surface area contributed by atoms with Crippen molar-refractivity contribution in [2.45, 2.75) is 38.2 Å². The molecule has 3 rings (SSSR count). The van der Waals surface area contributed by atoms with E-state index < -0.39 is 16.1 Å². The first-order chi connectivity index (χ1) is 14.3. The molecule has 30 heavy (non-hydrogen) atoms. The number of nitrogens with one attached hydrogen (secondary N) is 2. The van der Waals surface area contributed by atoms with Crippen molar-refractivity contribution in [2.75, 3.05) is 10.0 Å². The first-order valence-electron chi connectivity index (χ1n) is 9.37. The molecule has 0 bridgehead atoms. The number of hydrogen-bond donors (Lipinski definition) is 2. The van der Waals surface area contributed by atoms with E-state index in [4.69, 9.17) is 9.26 Å². The Morgan fingerprint density at radius 3 is 2.33 bits per heavy atom. The molecule has 1 heterocycles. The largest absolute Gasteiger partial charge is 0.481 e. The van der Waals surface area contributed by atoms with Gasteiger partial charge in [-0.3, -0.25) is 9.52 Å². The molecule has 0 spiro atoms. The summed E-state index contributed by atoms with van der Waals surface area (Å²) in [4.78, 5) is 12.6. The van der Waals surface area contributed by atoms with Gasteiger partial charge in [-0.1, -0.05) is 29.8 Å². The molecule has 0 aliphatic rings. The summed E-state index contributed by atoms with van der Waals surface area (Å²) in [5.74, 6) is 0.885. The van der Waals surface area contributed by atoms with Gasteiger partial charge in [-0.2, -0.15) is 0 Å². The lowest BCUT2D eigenvalue weighted by molar-refractivity contribution is -0.122. The fraction of sp³-hybridized carbons (Fsp3) is 0.238. The Morgan fingerprint density at radius 2 is 1.77 bits per heavy atom. The molecule has 1 atom stereocenters. The fourth-order valence-corrected chi connectivity index (χ4v) is 3.64. The highest BCUT2D eigenvalue weighted by molar-refractivity contribution is 7.92. The van der Waals surface area contributed by atoms with Crippen LogP contribution in [0.15, 0.2) is 64.0 Å². The number of rotatable bonds is 8. The summed E-state index contributed by atoms with van der Waals surface area (Å²) < 4.78 is 37.8. The third kappa shape index (κ3) is 5.38. The predicted molar refractivity (Wildman–Crippen MR) is 113 cm³/mol. The molecular weight excluding hydrogens is 406 g/mol. The van der Waals surface area contributed by atoms with Crippen LogP contribution in [0.1, 0.15) is 24.7 Å². The maximum absolute atomic E-state index is 12.6. The predicted octanol–water partition coefficient (Wildman–Crippen LogP) is 3.89. The summed E-state index contributed by atoms with van der Waals surface area (Å²) >= 11 is 0. The monoisotopic (exact) mass is 429 g/mol. The molecule has 9 heteroatoms. The highest BCUT2D eigenvalue weighted by atomic mass is 32.2. The zero-order chi connectivity index (χ0) is 21.7. The second kappa shape index (κ2) is 9.00. The van der Waals surface area contributed by atoms with Crippen LogP contribution in [0, 0.1) is 13.8 Å². The van der Waals surface area contributed by atoms with Gasteiger partial charge >= 0.3 is 0 Å². The third-order valence-electron chi connectivity index (χ3n) is 4.26. The summed E-state index contributed by atoms with van der Waals surface area (Å²) in [5, 5.41) is 6.36. The molecule has 158 valence electrons. The lowest BCUT2D eigenvalue weighted by Gasteiger charge is -2.17. The van der Waals surface area contributed by atoms with Gasteiger partial charge in [-0.05, 0) is 56.7 Å². The summed E-state index contributed by atoms with van der Waals surface area (Å²) in [5.41, 5.74) is 1.56. The van der Waals surface area contributed by atoms with Gasteiger partial charge in [-0.25, -0.2) is 8.42 Å². The minimum Gasteiger partial charge on any atom is -0.481 e. The van der Waals surface area contributed by atoms with Crippen LogP contribution in [0.4, 0.5) is 11.5 Å². The number of carbonyl (C=O) groups excluding carboxylic acids is 1. The lowest BCUT2D eigenvalue weighted by Crippen LogP contribution is -2.32. The van der Waals surface area contributed by atoms with E-state index >= 15 is 0 Å². The number of sulfonamides is 1. The van der Waals surface area contributed by atoms with Crippen molar-refractivity contribution in [3.05, 3.63) is 65.9 Å². The first kappa shape index (κ1) is 21.4. The van der Waals surface area contributed by atoms with Gasteiger partial charge < -0.3 is 14.6 Å². The number of benzene rings is 2. The lowest BCUT2D eigenvalue weighted by atomic mass is 10.2. The molecule has 3 aromatic rings. The molecule has 0 fully saturated rings. The van der Waals surface area contributed by atoms with Crippen molar-refractivity contribution in [1.29, 1.82) is 0 Å². The van der Waals surface area contributed by atoms with Crippen LogP contribution in [-0.2, 0) is 14.8 Å². The summed E-state index contributed by atoms with van der Waals surface area (Å²) in [7, 11) is -3.82. The number of ether oxygens (including phenoxy) is 1. The Kier molecular flexibility index (Phi) is 6.41. The number of anilines is 2. The average molecular weight is 429 g/mol. The Bertz CT molecular complexity index is 1110. The molecule has 2 aromatic carbocycles. The standard InChI is InChI=1S/C21H23N3O5S/c1-4-19(28-17-9-5-14(2)6-10-17)21(25)22-16-7-11-18(12-8-16)30(26,27)24-20-13-15(3)29-23-20/h5-13,19H,4H2,1-3H3,(H,22,25)(H,23,24)/t19-/m1/s1. The maximum atomic E-state index is 12.6. The molecular formula is C21H23N3O5S. The molecule has 0 saturated heterocycles. The second-order valence-corrected chi connectivity index (χ2v) is 8.45. The van der Waals surface area contributed by atoms with Crippen LogP contribution >= 0.6 is 0 Å². The second-order valence-electron chi connectivity index (χ2n) is 6.77. The van der Waals surface area contributed by atoms with E-state index in [1.54, 1.807) is 6.92 Å². The van der Waals surface area contributed by atoms with Gasteiger partial charge in [0.2, 0.25) is 0 Å². The Balaban J connectivity index is 1.65. The number of aromatic nitrogens is 1. The quantitative estimate of drug-likeness (QED) is 0.562. The van der Waals surface area contributed by atoms with Gasteiger partial charge in [-0.15, -0.1) is 0 Å². The maximum Gasteiger partial charge on any atom is 0.265 e. The van der Waals surface area contributed by atoms with Crippen LogP contribution in [0.3, 0.4) is 0 Å². The summed E-state index contributed by atoms with van der Waals surface area (Å²) in [6.07, 6.45) is -0.194. The SMILES string of the molecule is CC[C@@H](Oc1ccc(C)cc1)C(=O)Nc1ccc(S(=O)(=O)Nc2cc(C)on2)cc1. The molecule has 2 N–H and O–H groups in total.